The molecule has 0 radical (unpaired) electrons. The summed E-state index contributed by atoms with van der Waals surface area (Å²) in [4.78, 5) is 21.4. The van der Waals surface area contributed by atoms with Gasteiger partial charge in [0.05, 0.1) is 17.8 Å². The van der Waals surface area contributed by atoms with Crippen molar-refractivity contribution in [1.29, 1.82) is 0 Å². The molecule has 0 unspecified atom stereocenters. The summed E-state index contributed by atoms with van der Waals surface area (Å²) in [6, 6.07) is 8.43. The van der Waals surface area contributed by atoms with Crippen LogP contribution in [-0.4, -0.2) is 48.8 Å². The molecule has 1 fully saturated rings. The molecule has 1 aromatic carbocycles. The van der Waals surface area contributed by atoms with Gasteiger partial charge in [-0.25, -0.2) is 4.79 Å². The molecule has 132 valence electrons. The Labute approximate surface area is 148 Å². The highest BCUT2D eigenvalue weighted by Crippen LogP contribution is 2.35. The van der Waals surface area contributed by atoms with E-state index in [1.807, 2.05) is 11.8 Å². The molecule has 0 aliphatic carbocycles. The molecule has 0 N–H and O–H groups in total. The number of amides is 1. The summed E-state index contributed by atoms with van der Waals surface area (Å²) in [6.07, 6.45) is 3.93. The molecule has 2 aromatic rings. The van der Waals surface area contributed by atoms with E-state index in [0.717, 1.165) is 37.1 Å². The quantitative estimate of drug-likeness (QED) is 0.841. The molecule has 1 amide bonds. The summed E-state index contributed by atoms with van der Waals surface area (Å²) in [5.74, 6) is 0. The molecule has 4 rings (SSSR count). The summed E-state index contributed by atoms with van der Waals surface area (Å²) in [5.41, 5.74) is 4.89. The minimum absolute atomic E-state index is 0.206. The lowest BCUT2D eigenvalue weighted by Gasteiger charge is -2.25. The van der Waals surface area contributed by atoms with Crippen molar-refractivity contribution in [2.75, 3.05) is 37.7 Å². The van der Waals surface area contributed by atoms with Crippen molar-refractivity contribution in [3.8, 4) is 0 Å². The van der Waals surface area contributed by atoms with Crippen molar-refractivity contribution in [3.63, 3.8) is 0 Å². The zero-order valence-corrected chi connectivity index (χ0v) is 14.8. The molecule has 5 heteroatoms. The van der Waals surface area contributed by atoms with Crippen molar-refractivity contribution in [3.05, 3.63) is 35.5 Å². The molecule has 2 aliphatic heterocycles. The molecule has 0 atom stereocenters. The van der Waals surface area contributed by atoms with E-state index in [4.69, 9.17) is 9.72 Å². The lowest BCUT2D eigenvalue weighted by molar-refractivity contribution is 0.109. The minimum Gasteiger partial charge on any atom is -0.450 e. The van der Waals surface area contributed by atoms with E-state index in [0.29, 0.717) is 19.7 Å². The predicted octanol–water partition coefficient (Wildman–Crippen LogP) is 3.39. The van der Waals surface area contributed by atoms with Crippen LogP contribution in [0.5, 0.6) is 0 Å². The third-order valence-corrected chi connectivity index (χ3v) is 5.25. The Hall–Kier alpha value is -2.30. The van der Waals surface area contributed by atoms with Crippen LogP contribution >= 0.6 is 0 Å². The van der Waals surface area contributed by atoms with Gasteiger partial charge < -0.3 is 14.5 Å². The zero-order valence-electron chi connectivity index (χ0n) is 14.8. The van der Waals surface area contributed by atoms with Crippen LogP contribution < -0.4 is 4.90 Å². The number of para-hydroxylation sites is 1. The second-order valence-electron chi connectivity index (χ2n) is 6.78. The standard InChI is InChI=1S/C20H25N3O2/c1-2-25-20(24)23-13-9-16-18(10-14-23)21-17-8-4-3-7-15(17)19(16)22-11-5-6-12-22/h3-4,7-8H,2,5-6,9-14H2,1H3. The Bertz CT molecular complexity index is 784. The van der Waals surface area contributed by atoms with Gasteiger partial charge in [0.1, 0.15) is 0 Å². The molecule has 25 heavy (non-hydrogen) atoms. The Kier molecular flexibility index (Phi) is 4.47. The number of anilines is 1. The maximum atomic E-state index is 12.1. The largest absolute Gasteiger partial charge is 0.450 e. The number of hydrogen-bond donors (Lipinski definition) is 0. The fourth-order valence-corrected chi connectivity index (χ4v) is 4.05. The van der Waals surface area contributed by atoms with Gasteiger partial charge >= 0.3 is 6.09 Å². The Balaban J connectivity index is 1.75. The summed E-state index contributed by atoms with van der Waals surface area (Å²) >= 11 is 0. The number of carbonyl (C=O) groups excluding carboxylic acids is 1. The Morgan fingerprint density at radius 3 is 2.68 bits per heavy atom. The smallest absolute Gasteiger partial charge is 0.409 e. The van der Waals surface area contributed by atoms with Gasteiger partial charge in [-0.1, -0.05) is 18.2 Å². The summed E-state index contributed by atoms with van der Waals surface area (Å²) in [6.45, 7) is 5.88. The Morgan fingerprint density at radius 2 is 1.88 bits per heavy atom. The number of hydrogen-bond acceptors (Lipinski definition) is 4. The van der Waals surface area contributed by atoms with Crippen LogP contribution in [0.25, 0.3) is 10.9 Å². The first-order chi connectivity index (χ1) is 12.3. The first-order valence-corrected chi connectivity index (χ1v) is 9.35. The highest BCUT2D eigenvalue weighted by molar-refractivity contribution is 5.94. The van der Waals surface area contributed by atoms with E-state index < -0.39 is 0 Å². The van der Waals surface area contributed by atoms with Gasteiger partial charge in [-0.05, 0) is 37.8 Å². The maximum absolute atomic E-state index is 12.1. The van der Waals surface area contributed by atoms with Crippen LogP contribution in [0.4, 0.5) is 10.5 Å². The number of ether oxygens (including phenoxy) is 1. The molecule has 0 bridgehead atoms. The molecule has 2 aliphatic rings. The van der Waals surface area contributed by atoms with Crippen LogP contribution in [0.2, 0.25) is 0 Å². The van der Waals surface area contributed by atoms with Gasteiger partial charge in [-0.3, -0.25) is 4.98 Å². The predicted molar refractivity (Wildman–Crippen MR) is 99.2 cm³/mol. The van der Waals surface area contributed by atoms with E-state index in [2.05, 4.69) is 29.2 Å². The monoisotopic (exact) mass is 339 g/mol. The van der Waals surface area contributed by atoms with Crippen LogP contribution in [0.1, 0.15) is 31.0 Å². The number of pyridine rings is 1. The molecule has 1 aromatic heterocycles. The second-order valence-corrected chi connectivity index (χ2v) is 6.78. The third kappa shape index (κ3) is 3.03. The topological polar surface area (TPSA) is 45.7 Å². The van der Waals surface area contributed by atoms with E-state index in [1.165, 1.54) is 29.5 Å². The summed E-state index contributed by atoms with van der Waals surface area (Å²) < 4.78 is 5.20. The third-order valence-electron chi connectivity index (χ3n) is 5.25. The average molecular weight is 339 g/mol. The summed E-state index contributed by atoms with van der Waals surface area (Å²) in [5, 5.41) is 1.24. The molecular formula is C20H25N3O2. The van der Waals surface area contributed by atoms with Gasteiger partial charge in [-0.15, -0.1) is 0 Å². The summed E-state index contributed by atoms with van der Waals surface area (Å²) in [7, 11) is 0. The van der Waals surface area contributed by atoms with Crippen LogP contribution in [0.15, 0.2) is 24.3 Å². The van der Waals surface area contributed by atoms with Crippen LogP contribution in [-0.2, 0) is 17.6 Å². The van der Waals surface area contributed by atoms with Crippen molar-refractivity contribution in [2.24, 2.45) is 0 Å². The fourth-order valence-electron chi connectivity index (χ4n) is 4.05. The van der Waals surface area contributed by atoms with Crippen LogP contribution in [0.3, 0.4) is 0 Å². The maximum Gasteiger partial charge on any atom is 0.409 e. The molecule has 5 nitrogen and oxygen atoms in total. The van der Waals surface area contributed by atoms with Crippen molar-refractivity contribution >= 4 is 22.7 Å². The number of benzene rings is 1. The molecule has 0 saturated carbocycles. The number of rotatable bonds is 2. The molecular weight excluding hydrogens is 314 g/mol. The van der Waals surface area contributed by atoms with Gasteiger partial charge in [0.25, 0.3) is 0 Å². The molecule has 0 spiro atoms. The molecule has 3 heterocycles. The van der Waals surface area contributed by atoms with Crippen molar-refractivity contribution in [2.45, 2.75) is 32.6 Å². The number of nitrogens with zero attached hydrogens (tertiary/aromatic N) is 3. The highest BCUT2D eigenvalue weighted by atomic mass is 16.6. The first kappa shape index (κ1) is 16.2. The number of aromatic nitrogens is 1. The van der Waals surface area contributed by atoms with Gasteiger partial charge in [-0.2, -0.15) is 0 Å². The number of carbonyl (C=O) groups is 1. The van der Waals surface area contributed by atoms with E-state index in [-0.39, 0.29) is 6.09 Å². The lowest BCUT2D eigenvalue weighted by atomic mass is 10.0. The second kappa shape index (κ2) is 6.90. The van der Waals surface area contributed by atoms with E-state index in [9.17, 15) is 4.79 Å². The first-order valence-electron chi connectivity index (χ1n) is 9.35. The normalized spacial score (nSPS) is 17.5. The van der Waals surface area contributed by atoms with Crippen molar-refractivity contribution < 1.29 is 9.53 Å². The lowest BCUT2D eigenvalue weighted by Crippen LogP contribution is -2.33. The van der Waals surface area contributed by atoms with Gasteiger partial charge in [0.15, 0.2) is 0 Å². The zero-order chi connectivity index (χ0) is 17.2. The molecule has 1 saturated heterocycles. The van der Waals surface area contributed by atoms with Crippen molar-refractivity contribution in [1.82, 2.24) is 9.88 Å². The Morgan fingerprint density at radius 1 is 1.12 bits per heavy atom. The minimum atomic E-state index is -0.206. The highest BCUT2D eigenvalue weighted by Gasteiger charge is 2.26. The SMILES string of the molecule is CCOC(=O)N1CCc2nc3ccccc3c(N3CCCC3)c2CC1. The van der Waals surface area contributed by atoms with Gasteiger partial charge in [0.2, 0.25) is 0 Å². The van der Waals surface area contributed by atoms with E-state index in [1.54, 1.807) is 0 Å². The van der Waals surface area contributed by atoms with Crippen LogP contribution in [0, 0.1) is 0 Å². The average Bonchev–Trinajstić information content (AvgIpc) is 3.07. The van der Waals surface area contributed by atoms with E-state index >= 15 is 0 Å². The number of fused-ring (bicyclic) bond motifs is 2. The fraction of sp³-hybridized carbons (Fsp3) is 0.500. The van der Waals surface area contributed by atoms with Gasteiger partial charge in [0, 0.05) is 43.7 Å².